The van der Waals surface area contributed by atoms with Crippen LogP contribution in [0.25, 0.3) is 108 Å². The third-order valence-corrected chi connectivity index (χ3v) is 13.7. The molecule has 0 aliphatic heterocycles. The average molecular weight is 729 g/mol. The van der Waals surface area contributed by atoms with Gasteiger partial charge >= 0.3 is 0 Å². The largest absolute Gasteiger partial charge is 0.135 e. The molecule has 1 aliphatic rings. The minimum atomic E-state index is -0.0152. The zero-order valence-corrected chi connectivity index (χ0v) is 32.0. The van der Waals surface area contributed by atoms with Gasteiger partial charge in [0, 0.05) is 25.6 Å². The molecule has 11 aromatic rings. The molecule has 0 unspecified atom stereocenters. The molecule has 0 atom stereocenters. The maximum atomic E-state index is 2.48. The Bertz CT molecular complexity index is 3370. The molecule has 262 valence electrons. The Morgan fingerprint density at radius 2 is 0.893 bits per heavy atom. The van der Waals surface area contributed by atoms with Crippen molar-refractivity contribution in [3.05, 3.63) is 193 Å². The highest BCUT2D eigenvalue weighted by Gasteiger charge is 2.35. The van der Waals surface area contributed by atoms with Gasteiger partial charge in [-0.15, -0.1) is 11.3 Å². The Labute approximate surface area is 329 Å². The minimum Gasteiger partial charge on any atom is -0.135 e. The first kappa shape index (κ1) is 31.8. The summed E-state index contributed by atoms with van der Waals surface area (Å²) in [5.41, 5.74) is 13.2. The Kier molecular flexibility index (Phi) is 6.66. The lowest BCUT2D eigenvalue weighted by molar-refractivity contribution is 0.661. The maximum absolute atomic E-state index is 2.48. The second-order valence-corrected chi connectivity index (χ2v) is 17.1. The summed E-state index contributed by atoms with van der Waals surface area (Å²) >= 11 is 1.93. The topological polar surface area (TPSA) is 0 Å². The highest BCUT2D eigenvalue weighted by atomic mass is 32.1. The lowest BCUT2D eigenvalue weighted by Gasteiger charge is -2.21. The van der Waals surface area contributed by atoms with Crippen LogP contribution >= 0.6 is 11.3 Å². The lowest BCUT2D eigenvalue weighted by Crippen LogP contribution is -2.14. The lowest BCUT2D eigenvalue weighted by atomic mass is 9.82. The van der Waals surface area contributed by atoms with Crippen molar-refractivity contribution >= 4 is 74.6 Å². The Hall–Kier alpha value is -6.54. The normalized spacial score (nSPS) is 13.3. The Morgan fingerprint density at radius 1 is 0.339 bits per heavy atom. The summed E-state index contributed by atoms with van der Waals surface area (Å²) in [6.07, 6.45) is 0. The quantitative estimate of drug-likeness (QED) is 0.159. The van der Waals surface area contributed by atoms with Gasteiger partial charge in [0.25, 0.3) is 0 Å². The number of hydrogen-bond donors (Lipinski definition) is 0. The molecular weight excluding hydrogens is 693 g/mol. The van der Waals surface area contributed by atoms with E-state index in [-0.39, 0.29) is 5.41 Å². The second-order valence-electron chi connectivity index (χ2n) is 16.0. The number of thiophene rings is 1. The molecule has 1 heterocycles. The van der Waals surface area contributed by atoms with E-state index in [0.717, 1.165) is 0 Å². The van der Waals surface area contributed by atoms with E-state index in [9.17, 15) is 0 Å². The van der Waals surface area contributed by atoms with Crippen molar-refractivity contribution in [2.24, 2.45) is 0 Å². The van der Waals surface area contributed by atoms with Gasteiger partial charge in [0.1, 0.15) is 0 Å². The van der Waals surface area contributed by atoms with Crippen molar-refractivity contribution < 1.29 is 0 Å². The zero-order valence-electron chi connectivity index (χ0n) is 31.2. The third-order valence-electron chi connectivity index (χ3n) is 12.6. The van der Waals surface area contributed by atoms with Crippen molar-refractivity contribution in [3.63, 3.8) is 0 Å². The molecule has 1 aliphatic carbocycles. The van der Waals surface area contributed by atoms with E-state index in [1.807, 2.05) is 11.3 Å². The monoisotopic (exact) mass is 728 g/mol. The molecule has 1 aromatic heterocycles. The molecular formula is C55H36S. The summed E-state index contributed by atoms with van der Waals surface area (Å²) < 4.78 is 2.71. The van der Waals surface area contributed by atoms with Crippen molar-refractivity contribution in [2.75, 3.05) is 0 Å². The molecule has 0 saturated carbocycles. The molecule has 1 heteroatoms. The van der Waals surface area contributed by atoms with E-state index in [1.165, 1.54) is 119 Å². The van der Waals surface area contributed by atoms with Crippen LogP contribution in [-0.4, -0.2) is 0 Å². The van der Waals surface area contributed by atoms with Gasteiger partial charge in [-0.3, -0.25) is 0 Å². The number of fused-ring (bicyclic) bond motifs is 11. The van der Waals surface area contributed by atoms with Crippen LogP contribution < -0.4 is 0 Å². The second kappa shape index (κ2) is 11.7. The van der Waals surface area contributed by atoms with E-state index in [1.54, 1.807) is 0 Å². The van der Waals surface area contributed by atoms with Crippen LogP contribution in [0.15, 0.2) is 182 Å². The number of hydrogen-bond acceptors (Lipinski definition) is 1. The van der Waals surface area contributed by atoms with Gasteiger partial charge in [-0.25, -0.2) is 0 Å². The predicted octanol–water partition coefficient (Wildman–Crippen LogP) is 16.0. The van der Waals surface area contributed by atoms with Gasteiger partial charge in [0.05, 0.1) is 0 Å². The fourth-order valence-corrected chi connectivity index (χ4v) is 11.2. The highest BCUT2D eigenvalue weighted by Crippen LogP contribution is 2.53. The van der Waals surface area contributed by atoms with Crippen molar-refractivity contribution in [2.45, 2.75) is 19.3 Å². The van der Waals surface area contributed by atoms with E-state index in [0.29, 0.717) is 0 Å². The molecule has 12 rings (SSSR count). The fraction of sp³-hybridized carbons (Fsp3) is 0.0545. The van der Waals surface area contributed by atoms with Crippen LogP contribution in [0.3, 0.4) is 0 Å². The minimum absolute atomic E-state index is 0.0152. The number of benzene rings is 10. The van der Waals surface area contributed by atoms with Crippen molar-refractivity contribution in [1.29, 1.82) is 0 Å². The molecule has 0 radical (unpaired) electrons. The zero-order chi connectivity index (χ0) is 37.1. The molecule has 0 bridgehead atoms. The van der Waals surface area contributed by atoms with Crippen LogP contribution in [0.2, 0.25) is 0 Å². The SMILES string of the molecule is CC1(C)c2ccccc2-c2cc3c(cc21)sc1cc(-c2ccc(-c4c5ccccc5c(-c5ccc6ccccc6c5)c5ccccc45)cc2)c2ccccc2c13. The van der Waals surface area contributed by atoms with Gasteiger partial charge in [0.2, 0.25) is 0 Å². The standard InChI is InChI=1S/C55H36S/c1-55(2)48-22-12-11-16-39(48)46-30-47-50(32-49(46)55)56-51-31-45(38-15-5-6-17-40(38)54(47)51)34-24-26-35(27-25-34)52-41-18-7-9-20-43(41)53(44-21-10-8-19-42(44)52)37-28-23-33-13-3-4-14-36(33)29-37/h3-32H,1-2H3. The van der Waals surface area contributed by atoms with Crippen LogP contribution in [-0.2, 0) is 5.41 Å². The summed E-state index contributed by atoms with van der Waals surface area (Å²) in [6, 6.07) is 68.2. The molecule has 10 aromatic carbocycles. The molecule has 0 fully saturated rings. The van der Waals surface area contributed by atoms with Gasteiger partial charge in [-0.2, -0.15) is 0 Å². The first-order chi connectivity index (χ1) is 27.5. The van der Waals surface area contributed by atoms with Crippen LogP contribution in [0, 0.1) is 0 Å². The van der Waals surface area contributed by atoms with Gasteiger partial charge < -0.3 is 0 Å². The Morgan fingerprint density at radius 3 is 1.61 bits per heavy atom. The van der Waals surface area contributed by atoms with Gasteiger partial charge in [-0.05, 0) is 123 Å². The summed E-state index contributed by atoms with van der Waals surface area (Å²) in [5, 5.41) is 13.0. The van der Waals surface area contributed by atoms with Gasteiger partial charge in [0.15, 0.2) is 0 Å². The first-order valence-corrected chi connectivity index (χ1v) is 20.4. The summed E-state index contributed by atoms with van der Waals surface area (Å²) in [5.74, 6) is 0. The van der Waals surface area contributed by atoms with E-state index in [2.05, 4.69) is 196 Å². The number of rotatable bonds is 3. The van der Waals surface area contributed by atoms with Crippen molar-refractivity contribution in [3.8, 4) is 44.5 Å². The van der Waals surface area contributed by atoms with Crippen LogP contribution in [0.5, 0.6) is 0 Å². The molecule has 0 N–H and O–H groups in total. The van der Waals surface area contributed by atoms with Gasteiger partial charge in [-0.1, -0.05) is 172 Å². The fourth-order valence-electron chi connectivity index (χ4n) is 9.98. The Balaban J connectivity index is 1.03. The van der Waals surface area contributed by atoms with Crippen LogP contribution in [0.1, 0.15) is 25.0 Å². The maximum Gasteiger partial charge on any atom is 0.0368 e. The molecule has 0 amide bonds. The van der Waals surface area contributed by atoms with E-state index < -0.39 is 0 Å². The summed E-state index contributed by atoms with van der Waals surface area (Å²) in [6.45, 7) is 4.75. The highest BCUT2D eigenvalue weighted by molar-refractivity contribution is 7.26. The van der Waals surface area contributed by atoms with E-state index >= 15 is 0 Å². The third kappa shape index (κ3) is 4.47. The van der Waals surface area contributed by atoms with Crippen LogP contribution in [0.4, 0.5) is 0 Å². The predicted molar refractivity (Wildman–Crippen MR) is 243 cm³/mol. The molecule has 0 saturated heterocycles. The first-order valence-electron chi connectivity index (χ1n) is 19.6. The molecule has 0 spiro atoms. The molecule has 0 nitrogen and oxygen atoms in total. The van der Waals surface area contributed by atoms with Crippen molar-refractivity contribution in [1.82, 2.24) is 0 Å². The molecule has 56 heavy (non-hydrogen) atoms. The smallest absolute Gasteiger partial charge is 0.0368 e. The summed E-state index contributed by atoms with van der Waals surface area (Å²) in [4.78, 5) is 0. The van der Waals surface area contributed by atoms with E-state index in [4.69, 9.17) is 0 Å². The average Bonchev–Trinajstić information content (AvgIpc) is 3.72. The summed E-state index contributed by atoms with van der Waals surface area (Å²) in [7, 11) is 0.